The Balaban J connectivity index is 1.62. The predicted octanol–water partition coefficient (Wildman–Crippen LogP) is 2.99. The fourth-order valence-corrected chi connectivity index (χ4v) is 6.61. The lowest BCUT2D eigenvalue weighted by atomic mass is 10.0. The van der Waals surface area contributed by atoms with Crippen LogP contribution in [-0.4, -0.2) is 44.9 Å². The molecule has 0 aromatic carbocycles. The predicted molar refractivity (Wildman–Crippen MR) is 102 cm³/mol. The van der Waals surface area contributed by atoms with E-state index in [1.54, 1.807) is 34.1 Å². The minimum atomic E-state index is -0.383. The van der Waals surface area contributed by atoms with Gasteiger partial charge in [0, 0.05) is 23.6 Å². The van der Waals surface area contributed by atoms with E-state index in [4.69, 9.17) is 4.98 Å². The number of aryl methyl sites for hydroxylation is 2. The number of anilines is 1. The molecule has 2 saturated heterocycles. The third-order valence-electron chi connectivity index (χ3n) is 5.37. The van der Waals surface area contributed by atoms with Crippen LogP contribution >= 0.6 is 23.1 Å². The smallest absolute Gasteiger partial charge is 0.252 e. The Bertz CT molecular complexity index is 708. The van der Waals surface area contributed by atoms with E-state index in [2.05, 4.69) is 13.5 Å². The summed E-state index contributed by atoms with van der Waals surface area (Å²) in [6.07, 6.45) is 7.55. The second kappa shape index (κ2) is 6.43. The molecule has 2 fully saturated rings. The first-order valence-corrected chi connectivity index (χ1v) is 10.7. The van der Waals surface area contributed by atoms with Crippen molar-refractivity contribution < 1.29 is 9.59 Å². The van der Waals surface area contributed by atoms with Gasteiger partial charge in [0.1, 0.15) is 6.04 Å². The van der Waals surface area contributed by atoms with Crippen molar-refractivity contribution in [2.75, 3.05) is 17.2 Å². The highest BCUT2D eigenvalue weighted by Gasteiger charge is 2.53. The van der Waals surface area contributed by atoms with Crippen LogP contribution in [0.4, 0.5) is 5.13 Å². The molecule has 3 heterocycles. The Morgan fingerprint density at radius 1 is 1.44 bits per heavy atom. The second-order valence-electron chi connectivity index (χ2n) is 7.08. The zero-order valence-electron chi connectivity index (χ0n) is 14.5. The fourth-order valence-electron chi connectivity index (χ4n) is 4.03. The molecule has 0 N–H and O–H groups in total. The average molecular weight is 378 g/mol. The lowest BCUT2D eigenvalue weighted by molar-refractivity contribution is -0.136. The number of carbonyl (C=O) groups is 2. The number of hydrogen-bond donors (Lipinski definition) is 0. The van der Waals surface area contributed by atoms with Gasteiger partial charge in [-0.15, -0.1) is 29.7 Å². The van der Waals surface area contributed by atoms with Crippen molar-refractivity contribution >= 4 is 40.0 Å². The standard InChI is InChI=1S/C18H23N3O2S2/c1-3-10-20(17-19-12-6-4-5-7-14(12)25-17)16(23)13-11-24-18(2)9-8-15(22)21(13)18/h3,13H,1,4-11H2,2H3/t13-,18-/m1/s1. The molecule has 2 amide bonds. The molecule has 1 aliphatic carbocycles. The minimum Gasteiger partial charge on any atom is -0.315 e. The number of amides is 2. The van der Waals surface area contributed by atoms with E-state index < -0.39 is 0 Å². The van der Waals surface area contributed by atoms with Gasteiger partial charge in [-0.1, -0.05) is 6.08 Å². The number of nitrogens with zero attached hydrogens (tertiary/aromatic N) is 3. The van der Waals surface area contributed by atoms with Gasteiger partial charge in [0.25, 0.3) is 5.91 Å². The molecule has 134 valence electrons. The Labute approximate surface area is 156 Å². The van der Waals surface area contributed by atoms with E-state index >= 15 is 0 Å². The third-order valence-corrected chi connectivity index (χ3v) is 8.06. The Kier molecular flexibility index (Phi) is 4.40. The summed E-state index contributed by atoms with van der Waals surface area (Å²) in [6.45, 7) is 6.32. The van der Waals surface area contributed by atoms with Crippen LogP contribution in [0.25, 0.3) is 0 Å². The normalized spacial score (nSPS) is 28.0. The van der Waals surface area contributed by atoms with Crippen LogP contribution in [0.1, 0.15) is 43.2 Å². The highest BCUT2D eigenvalue weighted by atomic mass is 32.2. The average Bonchev–Trinajstić information content (AvgIpc) is 3.25. The fraction of sp³-hybridized carbons (Fsp3) is 0.611. The summed E-state index contributed by atoms with van der Waals surface area (Å²) < 4.78 is 0. The van der Waals surface area contributed by atoms with Crippen molar-refractivity contribution in [1.82, 2.24) is 9.88 Å². The number of rotatable bonds is 4. The molecule has 0 radical (unpaired) electrons. The first-order valence-electron chi connectivity index (χ1n) is 8.90. The van der Waals surface area contributed by atoms with E-state index in [0.29, 0.717) is 18.7 Å². The molecule has 5 nitrogen and oxygen atoms in total. The zero-order chi connectivity index (χ0) is 17.6. The maximum absolute atomic E-state index is 13.3. The van der Waals surface area contributed by atoms with E-state index in [1.165, 1.54) is 17.7 Å². The number of aromatic nitrogens is 1. The molecule has 2 atom stereocenters. The molecule has 1 aromatic rings. The van der Waals surface area contributed by atoms with E-state index in [0.717, 1.165) is 30.1 Å². The molecule has 7 heteroatoms. The summed E-state index contributed by atoms with van der Waals surface area (Å²) in [5.41, 5.74) is 1.15. The summed E-state index contributed by atoms with van der Waals surface area (Å²) in [7, 11) is 0. The maximum Gasteiger partial charge on any atom is 0.252 e. The second-order valence-corrected chi connectivity index (χ2v) is 9.64. The topological polar surface area (TPSA) is 53.5 Å². The van der Waals surface area contributed by atoms with Gasteiger partial charge in [-0.25, -0.2) is 4.98 Å². The van der Waals surface area contributed by atoms with Crippen molar-refractivity contribution in [3.8, 4) is 0 Å². The van der Waals surface area contributed by atoms with Crippen LogP contribution in [0.2, 0.25) is 0 Å². The summed E-state index contributed by atoms with van der Waals surface area (Å²) in [4.78, 5) is 35.1. The molecule has 2 aliphatic heterocycles. The van der Waals surface area contributed by atoms with Crippen LogP contribution in [0.3, 0.4) is 0 Å². The number of fused-ring (bicyclic) bond motifs is 2. The molecule has 0 bridgehead atoms. The maximum atomic E-state index is 13.3. The van der Waals surface area contributed by atoms with Crippen molar-refractivity contribution in [2.45, 2.75) is 56.4 Å². The van der Waals surface area contributed by atoms with Crippen molar-refractivity contribution in [3.63, 3.8) is 0 Å². The van der Waals surface area contributed by atoms with Gasteiger partial charge in [0.15, 0.2) is 5.13 Å². The van der Waals surface area contributed by atoms with Crippen LogP contribution < -0.4 is 4.90 Å². The quantitative estimate of drug-likeness (QED) is 0.757. The Morgan fingerprint density at radius 3 is 3.00 bits per heavy atom. The number of carbonyl (C=O) groups excluding carboxylic acids is 2. The van der Waals surface area contributed by atoms with Crippen LogP contribution in [-0.2, 0) is 22.4 Å². The highest BCUT2D eigenvalue weighted by molar-refractivity contribution is 8.01. The van der Waals surface area contributed by atoms with Gasteiger partial charge in [-0.05, 0) is 39.0 Å². The largest absolute Gasteiger partial charge is 0.315 e. The highest BCUT2D eigenvalue weighted by Crippen LogP contribution is 2.47. The van der Waals surface area contributed by atoms with Crippen molar-refractivity contribution in [2.24, 2.45) is 0 Å². The number of hydrogen-bond acceptors (Lipinski definition) is 5. The molecule has 0 unspecified atom stereocenters. The molecule has 0 saturated carbocycles. The van der Waals surface area contributed by atoms with Crippen molar-refractivity contribution in [3.05, 3.63) is 23.2 Å². The van der Waals surface area contributed by atoms with Gasteiger partial charge < -0.3 is 4.90 Å². The molecular formula is C18H23N3O2S2. The Hall–Kier alpha value is -1.34. The first kappa shape index (κ1) is 17.1. The van der Waals surface area contributed by atoms with Gasteiger partial charge in [-0.3, -0.25) is 14.5 Å². The number of thiazole rings is 1. The first-order chi connectivity index (χ1) is 12.0. The lowest BCUT2D eigenvalue weighted by Gasteiger charge is -2.32. The summed E-state index contributed by atoms with van der Waals surface area (Å²) in [5.74, 6) is 0.750. The zero-order valence-corrected chi connectivity index (χ0v) is 16.1. The summed E-state index contributed by atoms with van der Waals surface area (Å²) in [5, 5.41) is 0.766. The van der Waals surface area contributed by atoms with Gasteiger partial charge in [-0.2, -0.15) is 0 Å². The van der Waals surface area contributed by atoms with E-state index in [9.17, 15) is 9.59 Å². The minimum absolute atomic E-state index is 0.0162. The van der Waals surface area contributed by atoms with Crippen LogP contribution in [0.15, 0.2) is 12.7 Å². The van der Waals surface area contributed by atoms with E-state index in [1.807, 2.05) is 4.90 Å². The molecule has 0 spiro atoms. The molecule has 1 aromatic heterocycles. The van der Waals surface area contributed by atoms with Gasteiger partial charge in [0.2, 0.25) is 5.91 Å². The summed E-state index contributed by atoms with van der Waals surface area (Å²) in [6, 6.07) is -0.383. The molecular weight excluding hydrogens is 354 g/mol. The van der Waals surface area contributed by atoms with Crippen LogP contribution in [0.5, 0.6) is 0 Å². The van der Waals surface area contributed by atoms with Crippen molar-refractivity contribution in [1.29, 1.82) is 0 Å². The van der Waals surface area contributed by atoms with E-state index in [-0.39, 0.29) is 22.7 Å². The lowest BCUT2D eigenvalue weighted by Crippen LogP contribution is -2.51. The van der Waals surface area contributed by atoms with Gasteiger partial charge in [0.05, 0.1) is 10.6 Å². The Morgan fingerprint density at radius 2 is 2.24 bits per heavy atom. The molecule has 3 aliphatic rings. The molecule has 4 rings (SSSR count). The summed E-state index contributed by atoms with van der Waals surface area (Å²) >= 11 is 3.36. The number of thioether (sulfide) groups is 1. The SMILES string of the molecule is C=CCN(C(=O)[C@H]1CS[C@]2(C)CCC(=O)N12)c1nc2c(s1)CCCC2. The van der Waals surface area contributed by atoms with Crippen LogP contribution in [0, 0.1) is 0 Å². The monoisotopic (exact) mass is 377 g/mol. The van der Waals surface area contributed by atoms with Gasteiger partial charge >= 0.3 is 0 Å². The molecule has 25 heavy (non-hydrogen) atoms. The third kappa shape index (κ3) is 2.81.